The van der Waals surface area contributed by atoms with E-state index in [1.54, 1.807) is 41.3 Å². The summed E-state index contributed by atoms with van der Waals surface area (Å²) in [6.45, 7) is 3.02. The van der Waals surface area contributed by atoms with E-state index in [1.807, 2.05) is 49.4 Å². The first kappa shape index (κ1) is 21.5. The summed E-state index contributed by atoms with van der Waals surface area (Å²) in [5.74, 6) is -0.547. The summed E-state index contributed by atoms with van der Waals surface area (Å²) in [5.41, 5.74) is 3.45. The van der Waals surface area contributed by atoms with Crippen molar-refractivity contribution >= 4 is 23.3 Å². The summed E-state index contributed by atoms with van der Waals surface area (Å²) in [4.78, 5) is 40.2. The van der Waals surface area contributed by atoms with E-state index in [2.05, 4.69) is 5.32 Å². The second kappa shape index (κ2) is 9.60. The molecule has 0 aliphatic carbocycles. The molecule has 2 amide bonds. The summed E-state index contributed by atoms with van der Waals surface area (Å²) in [6, 6.07) is 23.5. The monoisotopic (exact) mass is 426 g/mol. The minimum Gasteiger partial charge on any atom is -0.338 e. The molecule has 0 aromatic heterocycles. The summed E-state index contributed by atoms with van der Waals surface area (Å²) in [7, 11) is 0. The van der Waals surface area contributed by atoms with Crippen LogP contribution in [0.4, 0.5) is 5.69 Å². The van der Waals surface area contributed by atoms with E-state index in [9.17, 15) is 14.4 Å². The molecule has 0 bridgehead atoms. The minimum atomic E-state index is -0.286. The Kier molecular flexibility index (Phi) is 6.45. The first-order valence-corrected chi connectivity index (χ1v) is 10.9. The highest BCUT2D eigenvalue weighted by molar-refractivity contribution is 6.09. The molecule has 1 fully saturated rings. The van der Waals surface area contributed by atoms with Gasteiger partial charge in [0.25, 0.3) is 5.91 Å². The van der Waals surface area contributed by atoms with Crippen LogP contribution < -0.4 is 5.32 Å². The number of ketones is 1. The smallest absolute Gasteiger partial charge is 0.253 e. The fraction of sp³-hybridized carbons (Fsp3) is 0.222. The SMILES string of the molecule is Cc1ccc(C(=O)N2CCCC(C(=O)Nc3cccc(C(=O)c4ccccc4)c3)C2)cc1. The molecular formula is C27H26N2O3. The van der Waals surface area contributed by atoms with E-state index in [0.717, 1.165) is 18.4 Å². The predicted octanol–water partition coefficient (Wildman–Crippen LogP) is 4.72. The molecule has 162 valence electrons. The van der Waals surface area contributed by atoms with E-state index in [1.165, 1.54) is 0 Å². The molecule has 1 saturated heterocycles. The molecule has 1 heterocycles. The van der Waals surface area contributed by atoms with Crippen LogP contribution in [0.25, 0.3) is 0 Å². The van der Waals surface area contributed by atoms with Gasteiger partial charge in [-0.1, -0.05) is 60.2 Å². The quantitative estimate of drug-likeness (QED) is 0.601. The van der Waals surface area contributed by atoms with Crippen molar-refractivity contribution in [2.45, 2.75) is 19.8 Å². The number of hydrogen-bond acceptors (Lipinski definition) is 3. The molecule has 32 heavy (non-hydrogen) atoms. The Morgan fingerprint density at radius 2 is 1.56 bits per heavy atom. The lowest BCUT2D eigenvalue weighted by Crippen LogP contribution is -2.43. The molecule has 0 spiro atoms. The predicted molar refractivity (Wildman–Crippen MR) is 125 cm³/mol. The number of likely N-dealkylation sites (tertiary alicyclic amines) is 1. The number of carbonyl (C=O) groups is 3. The van der Waals surface area contributed by atoms with Gasteiger partial charge in [-0.3, -0.25) is 14.4 Å². The molecule has 0 saturated carbocycles. The highest BCUT2D eigenvalue weighted by Gasteiger charge is 2.29. The van der Waals surface area contributed by atoms with Crippen LogP contribution in [0, 0.1) is 12.8 Å². The topological polar surface area (TPSA) is 66.5 Å². The molecule has 5 heteroatoms. The van der Waals surface area contributed by atoms with Crippen LogP contribution in [0.1, 0.15) is 44.7 Å². The summed E-state index contributed by atoms with van der Waals surface area (Å²) in [5, 5.41) is 2.94. The van der Waals surface area contributed by atoms with Gasteiger partial charge in [-0.2, -0.15) is 0 Å². The zero-order valence-corrected chi connectivity index (χ0v) is 18.1. The third-order valence-corrected chi connectivity index (χ3v) is 5.81. The number of nitrogens with zero attached hydrogens (tertiary/aromatic N) is 1. The number of rotatable bonds is 5. The molecule has 1 aliphatic rings. The second-order valence-corrected chi connectivity index (χ2v) is 8.22. The third-order valence-electron chi connectivity index (χ3n) is 5.81. The summed E-state index contributed by atoms with van der Waals surface area (Å²) < 4.78 is 0. The normalized spacial score (nSPS) is 15.8. The van der Waals surface area contributed by atoms with Gasteiger partial charge >= 0.3 is 0 Å². The molecule has 3 aromatic rings. The molecule has 1 aliphatic heterocycles. The van der Waals surface area contributed by atoms with Crippen molar-refractivity contribution in [3.8, 4) is 0 Å². The molecule has 0 radical (unpaired) electrons. The van der Waals surface area contributed by atoms with E-state index in [-0.39, 0.29) is 23.5 Å². The van der Waals surface area contributed by atoms with Gasteiger partial charge in [-0.15, -0.1) is 0 Å². The number of hydrogen-bond donors (Lipinski definition) is 1. The number of piperidine rings is 1. The lowest BCUT2D eigenvalue weighted by molar-refractivity contribution is -0.121. The third kappa shape index (κ3) is 4.94. The maximum Gasteiger partial charge on any atom is 0.253 e. The first-order valence-electron chi connectivity index (χ1n) is 10.9. The van der Waals surface area contributed by atoms with E-state index < -0.39 is 0 Å². The Labute approximate surface area is 188 Å². The molecule has 3 aromatic carbocycles. The Morgan fingerprint density at radius 1 is 0.844 bits per heavy atom. The Hall–Kier alpha value is -3.73. The highest BCUT2D eigenvalue weighted by Crippen LogP contribution is 2.22. The number of amides is 2. The standard InChI is InChI=1S/C27H26N2O3/c1-19-12-14-21(15-13-19)27(32)29-16-6-10-23(18-29)26(31)28-24-11-5-9-22(17-24)25(30)20-7-3-2-4-8-20/h2-5,7-9,11-15,17,23H,6,10,16,18H2,1H3,(H,28,31). The van der Waals surface area contributed by atoms with Crippen molar-refractivity contribution in [3.05, 3.63) is 101 Å². The van der Waals surface area contributed by atoms with Gasteiger partial charge in [-0.05, 0) is 44.0 Å². The van der Waals surface area contributed by atoms with Gasteiger partial charge < -0.3 is 10.2 Å². The molecule has 1 N–H and O–H groups in total. The van der Waals surface area contributed by atoms with Crippen molar-refractivity contribution in [1.82, 2.24) is 4.90 Å². The molecule has 4 rings (SSSR count). The van der Waals surface area contributed by atoms with Crippen LogP contribution in [0.15, 0.2) is 78.9 Å². The number of benzene rings is 3. The lowest BCUT2D eigenvalue weighted by atomic mass is 9.96. The largest absolute Gasteiger partial charge is 0.338 e. The van der Waals surface area contributed by atoms with Crippen LogP contribution >= 0.6 is 0 Å². The van der Waals surface area contributed by atoms with E-state index >= 15 is 0 Å². The maximum absolute atomic E-state index is 12.9. The fourth-order valence-electron chi connectivity index (χ4n) is 3.99. The Balaban J connectivity index is 1.42. The maximum atomic E-state index is 12.9. The second-order valence-electron chi connectivity index (χ2n) is 8.22. The van der Waals surface area contributed by atoms with Crippen molar-refractivity contribution in [2.75, 3.05) is 18.4 Å². The zero-order chi connectivity index (χ0) is 22.5. The molecule has 5 nitrogen and oxygen atoms in total. The zero-order valence-electron chi connectivity index (χ0n) is 18.1. The number of anilines is 1. The highest BCUT2D eigenvalue weighted by atomic mass is 16.2. The number of nitrogens with one attached hydrogen (secondary N) is 1. The van der Waals surface area contributed by atoms with Crippen LogP contribution in [0.2, 0.25) is 0 Å². The van der Waals surface area contributed by atoms with Gasteiger partial charge in [0.1, 0.15) is 0 Å². The average molecular weight is 427 g/mol. The molecule has 1 unspecified atom stereocenters. The van der Waals surface area contributed by atoms with Gasteiger partial charge in [-0.25, -0.2) is 0 Å². The van der Waals surface area contributed by atoms with Crippen LogP contribution in [0.3, 0.4) is 0 Å². The number of carbonyl (C=O) groups excluding carboxylic acids is 3. The van der Waals surface area contributed by atoms with Gasteiger partial charge in [0.15, 0.2) is 5.78 Å². The van der Waals surface area contributed by atoms with Crippen molar-refractivity contribution < 1.29 is 14.4 Å². The fourth-order valence-corrected chi connectivity index (χ4v) is 3.99. The van der Waals surface area contributed by atoms with Gasteiger partial charge in [0.05, 0.1) is 5.92 Å². The van der Waals surface area contributed by atoms with Crippen molar-refractivity contribution in [3.63, 3.8) is 0 Å². The lowest BCUT2D eigenvalue weighted by Gasteiger charge is -2.32. The van der Waals surface area contributed by atoms with Crippen LogP contribution in [-0.2, 0) is 4.79 Å². The van der Waals surface area contributed by atoms with Crippen molar-refractivity contribution in [1.29, 1.82) is 0 Å². The van der Waals surface area contributed by atoms with E-state index in [4.69, 9.17) is 0 Å². The molecular weight excluding hydrogens is 400 g/mol. The summed E-state index contributed by atoms with van der Waals surface area (Å²) in [6.07, 6.45) is 1.51. The molecule has 1 atom stereocenters. The van der Waals surface area contributed by atoms with Crippen molar-refractivity contribution in [2.24, 2.45) is 5.92 Å². The van der Waals surface area contributed by atoms with Gasteiger partial charge in [0, 0.05) is 35.5 Å². The Bertz CT molecular complexity index is 1120. The van der Waals surface area contributed by atoms with Gasteiger partial charge in [0.2, 0.25) is 5.91 Å². The number of aryl methyl sites for hydroxylation is 1. The average Bonchev–Trinajstić information content (AvgIpc) is 2.84. The minimum absolute atomic E-state index is 0.0436. The summed E-state index contributed by atoms with van der Waals surface area (Å²) >= 11 is 0. The van der Waals surface area contributed by atoms with Crippen LogP contribution in [-0.4, -0.2) is 35.6 Å². The van der Waals surface area contributed by atoms with Crippen LogP contribution in [0.5, 0.6) is 0 Å². The Morgan fingerprint density at radius 3 is 2.31 bits per heavy atom. The first-order chi connectivity index (χ1) is 15.5. The van der Waals surface area contributed by atoms with E-state index in [0.29, 0.717) is 35.5 Å².